The Balaban J connectivity index is 2.39. The van der Waals surface area contributed by atoms with E-state index in [4.69, 9.17) is 0 Å². The van der Waals surface area contributed by atoms with Crippen LogP contribution in [0.3, 0.4) is 0 Å². The van der Waals surface area contributed by atoms with Gasteiger partial charge in [-0.15, -0.1) is 0 Å². The van der Waals surface area contributed by atoms with Gasteiger partial charge in [0.05, 0.1) is 6.54 Å². The van der Waals surface area contributed by atoms with Crippen LogP contribution in [0.4, 0.5) is 4.39 Å². The van der Waals surface area contributed by atoms with Gasteiger partial charge in [-0.1, -0.05) is 12.1 Å². The van der Waals surface area contributed by atoms with Gasteiger partial charge in [0.25, 0.3) is 0 Å². The zero-order valence-electron chi connectivity index (χ0n) is 10.5. The Hall–Kier alpha value is -1.42. The predicted octanol–water partition coefficient (Wildman–Crippen LogP) is 1.43. The van der Waals surface area contributed by atoms with Crippen molar-refractivity contribution in [3.63, 3.8) is 0 Å². The molecule has 94 valence electrons. The van der Waals surface area contributed by atoms with Gasteiger partial charge < -0.3 is 10.2 Å². The summed E-state index contributed by atoms with van der Waals surface area (Å²) in [5.74, 6) is -0.185. The minimum Gasteiger partial charge on any atom is -0.348 e. The monoisotopic (exact) mass is 238 g/mol. The van der Waals surface area contributed by atoms with Gasteiger partial charge in [-0.2, -0.15) is 0 Å². The SMILES string of the molecule is CC(Cc1cccc(F)c1)NCC(=O)N(C)C. The zero-order valence-corrected chi connectivity index (χ0v) is 10.5. The molecule has 4 heteroatoms. The summed E-state index contributed by atoms with van der Waals surface area (Å²) >= 11 is 0. The van der Waals surface area contributed by atoms with E-state index in [0.717, 1.165) is 5.56 Å². The largest absolute Gasteiger partial charge is 0.348 e. The number of amides is 1. The van der Waals surface area contributed by atoms with Gasteiger partial charge in [-0.05, 0) is 31.0 Å². The normalized spacial score (nSPS) is 12.2. The minimum atomic E-state index is -0.223. The van der Waals surface area contributed by atoms with Crippen molar-refractivity contribution < 1.29 is 9.18 Å². The van der Waals surface area contributed by atoms with Crippen molar-refractivity contribution in [3.05, 3.63) is 35.6 Å². The van der Waals surface area contributed by atoms with Crippen LogP contribution in [0, 0.1) is 5.82 Å². The summed E-state index contributed by atoms with van der Waals surface area (Å²) in [4.78, 5) is 12.9. The van der Waals surface area contributed by atoms with Crippen molar-refractivity contribution in [2.45, 2.75) is 19.4 Å². The Morgan fingerprint density at radius 1 is 1.47 bits per heavy atom. The fourth-order valence-corrected chi connectivity index (χ4v) is 1.51. The Morgan fingerprint density at radius 3 is 2.76 bits per heavy atom. The first kappa shape index (κ1) is 13.6. The molecular formula is C13H19FN2O. The second-order valence-electron chi connectivity index (χ2n) is 4.40. The molecule has 0 aliphatic carbocycles. The second-order valence-corrected chi connectivity index (χ2v) is 4.40. The molecule has 1 unspecified atom stereocenters. The van der Waals surface area contributed by atoms with Crippen molar-refractivity contribution in [3.8, 4) is 0 Å². The summed E-state index contributed by atoms with van der Waals surface area (Å²) in [6, 6.07) is 6.67. The molecule has 1 aromatic carbocycles. The Bertz CT molecular complexity index is 379. The number of nitrogens with one attached hydrogen (secondary N) is 1. The maximum atomic E-state index is 13.0. The number of carbonyl (C=O) groups is 1. The highest BCUT2D eigenvalue weighted by Gasteiger charge is 2.08. The van der Waals surface area contributed by atoms with Gasteiger partial charge in [0.2, 0.25) is 5.91 Å². The third-order valence-electron chi connectivity index (χ3n) is 2.53. The van der Waals surface area contributed by atoms with Crippen molar-refractivity contribution in [2.75, 3.05) is 20.6 Å². The van der Waals surface area contributed by atoms with Crippen LogP contribution in [0.25, 0.3) is 0 Å². The van der Waals surface area contributed by atoms with Crippen molar-refractivity contribution >= 4 is 5.91 Å². The topological polar surface area (TPSA) is 32.3 Å². The summed E-state index contributed by atoms with van der Waals surface area (Å²) in [5, 5.41) is 3.12. The van der Waals surface area contributed by atoms with Crippen LogP contribution in [-0.4, -0.2) is 37.5 Å². The fourth-order valence-electron chi connectivity index (χ4n) is 1.51. The van der Waals surface area contributed by atoms with Crippen LogP contribution in [0.15, 0.2) is 24.3 Å². The molecule has 1 aromatic rings. The van der Waals surface area contributed by atoms with E-state index in [2.05, 4.69) is 5.32 Å². The first-order valence-electron chi connectivity index (χ1n) is 5.67. The molecule has 17 heavy (non-hydrogen) atoms. The van der Waals surface area contributed by atoms with Crippen LogP contribution < -0.4 is 5.32 Å². The molecule has 1 amide bonds. The first-order valence-corrected chi connectivity index (χ1v) is 5.67. The first-order chi connectivity index (χ1) is 7.99. The maximum Gasteiger partial charge on any atom is 0.236 e. The number of nitrogens with zero attached hydrogens (tertiary/aromatic N) is 1. The van der Waals surface area contributed by atoms with E-state index < -0.39 is 0 Å². The van der Waals surface area contributed by atoms with E-state index in [-0.39, 0.29) is 17.8 Å². The zero-order chi connectivity index (χ0) is 12.8. The average Bonchev–Trinajstić information content (AvgIpc) is 2.25. The molecule has 0 saturated heterocycles. The number of hydrogen-bond acceptors (Lipinski definition) is 2. The molecule has 0 saturated carbocycles. The standard InChI is InChI=1S/C13H19FN2O/c1-10(15-9-13(17)16(2)3)7-11-5-4-6-12(14)8-11/h4-6,8,10,15H,7,9H2,1-3H3. The average molecular weight is 238 g/mol. The molecule has 1 atom stereocenters. The molecule has 0 aliphatic rings. The molecule has 1 rings (SSSR count). The molecule has 0 radical (unpaired) electrons. The van der Waals surface area contributed by atoms with Crippen LogP contribution in [0.5, 0.6) is 0 Å². The van der Waals surface area contributed by atoms with E-state index in [1.807, 2.05) is 13.0 Å². The minimum absolute atomic E-state index is 0.0380. The highest BCUT2D eigenvalue weighted by atomic mass is 19.1. The molecule has 0 bridgehead atoms. The van der Waals surface area contributed by atoms with Gasteiger partial charge >= 0.3 is 0 Å². The lowest BCUT2D eigenvalue weighted by atomic mass is 10.1. The molecule has 0 spiro atoms. The number of halogens is 1. The Labute approximate surface area is 102 Å². The van der Waals surface area contributed by atoms with Crippen molar-refractivity contribution in [1.82, 2.24) is 10.2 Å². The van der Waals surface area contributed by atoms with E-state index in [0.29, 0.717) is 13.0 Å². The van der Waals surface area contributed by atoms with Gasteiger partial charge in [-0.3, -0.25) is 4.79 Å². The smallest absolute Gasteiger partial charge is 0.236 e. The van der Waals surface area contributed by atoms with Gasteiger partial charge in [0, 0.05) is 20.1 Å². The van der Waals surface area contributed by atoms with E-state index in [9.17, 15) is 9.18 Å². The van der Waals surface area contributed by atoms with E-state index >= 15 is 0 Å². The lowest BCUT2D eigenvalue weighted by molar-refractivity contribution is -0.127. The lowest BCUT2D eigenvalue weighted by Crippen LogP contribution is -2.38. The third kappa shape index (κ3) is 4.95. The summed E-state index contributed by atoms with van der Waals surface area (Å²) < 4.78 is 13.0. The number of rotatable bonds is 5. The molecule has 0 fully saturated rings. The van der Waals surface area contributed by atoms with Crippen LogP contribution in [0.2, 0.25) is 0 Å². The highest BCUT2D eigenvalue weighted by Crippen LogP contribution is 2.06. The second kappa shape index (κ2) is 6.35. The summed E-state index contributed by atoms with van der Waals surface area (Å²) in [5.41, 5.74) is 0.933. The summed E-state index contributed by atoms with van der Waals surface area (Å²) in [7, 11) is 3.45. The quantitative estimate of drug-likeness (QED) is 0.841. The molecule has 3 nitrogen and oxygen atoms in total. The van der Waals surface area contributed by atoms with E-state index in [1.165, 1.54) is 12.1 Å². The number of carbonyl (C=O) groups excluding carboxylic acids is 1. The highest BCUT2D eigenvalue weighted by molar-refractivity contribution is 5.77. The maximum absolute atomic E-state index is 13.0. The molecule has 0 aromatic heterocycles. The Kier molecular flexibility index (Phi) is 5.10. The third-order valence-corrected chi connectivity index (χ3v) is 2.53. The van der Waals surface area contributed by atoms with Gasteiger partial charge in [0.1, 0.15) is 5.82 Å². The fraction of sp³-hybridized carbons (Fsp3) is 0.462. The summed E-state index contributed by atoms with van der Waals surface area (Å²) in [6.45, 7) is 2.29. The Morgan fingerprint density at radius 2 is 2.18 bits per heavy atom. The van der Waals surface area contributed by atoms with Crippen LogP contribution in [0.1, 0.15) is 12.5 Å². The van der Waals surface area contributed by atoms with E-state index in [1.54, 1.807) is 25.1 Å². The number of hydrogen-bond donors (Lipinski definition) is 1. The van der Waals surface area contributed by atoms with Crippen LogP contribution >= 0.6 is 0 Å². The predicted molar refractivity (Wildman–Crippen MR) is 66.3 cm³/mol. The lowest BCUT2D eigenvalue weighted by Gasteiger charge is -2.16. The van der Waals surface area contributed by atoms with Crippen molar-refractivity contribution in [1.29, 1.82) is 0 Å². The molecule has 1 N–H and O–H groups in total. The van der Waals surface area contributed by atoms with Crippen molar-refractivity contribution in [2.24, 2.45) is 0 Å². The number of likely N-dealkylation sites (N-methyl/N-ethyl adjacent to an activating group) is 1. The van der Waals surface area contributed by atoms with Crippen LogP contribution in [-0.2, 0) is 11.2 Å². The summed E-state index contributed by atoms with van der Waals surface area (Å²) in [6.07, 6.45) is 0.707. The molecule has 0 aliphatic heterocycles. The molecule has 0 heterocycles. The van der Waals surface area contributed by atoms with Gasteiger partial charge in [-0.25, -0.2) is 4.39 Å². The molecular weight excluding hydrogens is 219 g/mol. The number of benzene rings is 1. The van der Waals surface area contributed by atoms with Gasteiger partial charge in [0.15, 0.2) is 0 Å².